The largest absolute Gasteiger partial charge is 0.433 e. The lowest BCUT2D eigenvalue weighted by Crippen LogP contribution is -2.27. The third-order valence-corrected chi connectivity index (χ3v) is 6.21. The van der Waals surface area contributed by atoms with Crippen molar-refractivity contribution in [2.45, 2.75) is 39.2 Å². The van der Waals surface area contributed by atoms with E-state index >= 15 is 0 Å². The number of rotatable bonds is 16. The second-order valence-electron chi connectivity index (χ2n) is 5.87. The number of ether oxygens (including phenoxy) is 1. The molecule has 1 aromatic heterocycles. The van der Waals surface area contributed by atoms with Gasteiger partial charge in [-0.3, -0.25) is 14.7 Å². The molecular weight excluding hydrogens is 399 g/mol. The molecule has 0 saturated heterocycles. The fraction of sp³-hybridized carbons (Fsp3) is 0.750. The summed E-state index contributed by atoms with van der Waals surface area (Å²) in [5.74, 6) is 0.312. The van der Waals surface area contributed by atoms with Crippen LogP contribution in [0.15, 0.2) is 16.5 Å². The van der Waals surface area contributed by atoms with Crippen LogP contribution in [-0.2, 0) is 20.4 Å². The molecule has 0 aliphatic carbocycles. The van der Waals surface area contributed by atoms with Gasteiger partial charge in [-0.05, 0) is 31.7 Å². The molecule has 1 heterocycles. The molecule has 1 N–H and O–H groups in total. The summed E-state index contributed by atoms with van der Waals surface area (Å²) in [5.41, 5.74) is 0. The zero-order valence-corrected chi connectivity index (χ0v) is 17.2. The van der Waals surface area contributed by atoms with Crippen molar-refractivity contribution in [2.75, 3.05) is 38.5 Å². The summed E-state index contributed by atoms with van der Waals surface area (Å²) in [6.07, 6.45) is 2.59. The van der Waals surface area contributed by atoms with Crippen LogP contribution in [0.4, 0.5) is 5.88 Å². The third kappa shape index (κ3) is 8.72. The lowest BCUT2D eigenvalue weighted by atomic mass is 10.3. The Morgan fingerprint density at radius 3 is 2.67 bits per heavy atom. The number of nitrogens with zero attached hydrogens (tertiary/aromatic N) is 2. The average molecular weight is 427 g/mol. The van der Waals surface area contributed by atoms with Gasteiger partial charge in [0.05, 0.1) is 6.07 Å². The number of halogens is 1. The van der Waals surface area contributed by atoms with Gasteiger partial charge in [0.2, 0.25) is 0 Å². The summed E-state index contributed by atoms with van der Waals surface area (Å²) in [6.45, 7) is 3.03. The molecule has 0 bridgehead atoms. The molecule has 1 aromatic rings. The number of alkyl halides is 1. The van der Waals surface area contributed by atoms with Crippen molar-refractivity contribution in [2.24, 2.45) is 0 Å². The normalized spacial score (nSPS) is 13.8. The first kappa shape index (κ1) is 24.1. The number of aliphatic hydroxyl groups excluding tert-OH is 1. The Balaban J connectivity index is 2.86. The van der Waals surface area contributed by atoms with Crippen LogP contribution in [0.5, 0.6) is 0 Å². The highest BCUT2D eigenvalue weighted by atomic mass is 35.5. The van der Waals surface area contributed by atoms with Gasteiger partial charge in [-0.1, -0.05) is 6.92 Å². The van der Waals surface area contributed by atoms with Gasteiger partial charge in [0, 0.05) is 32.2 Å². The summed E-state index contributed by atoms with van der Waals surface area (Å²) < 4.78 is 31.4. The molecule has 9 nitrogen and oxygen atoms in total. The summed E-state index contributed by atoms with van der Waals surface area (Å²) in [4.78, 5) is 10.1. The second kappa shape index (κ2) is 13.3. The first-order valence-corrected chi connectivity index (χ1v) is 11.2. The molecule has 0 amide bonds. The second-order valence-corrected chi connectivity index (χ2v) is 8.61. The van der Waals surface area contributed by atoms with Crippen LogP contribution < -0.4 is 0 Å². The van der Waals surface area contributed by atoms with Crippen molar-refractivity contribution < 1.29 is 28.3 Å². The molecule has 0 fully saturated rings. The molecule has 27 heavy (non-hydrogen) atoms. The van der Waals surface area contributed by atoms with Crippen LogP contribution in [0.1, 0.15) is 38.4 Å². The van der Waals surface area contributed by atoms with E-state index in [1.54, 1.807) is 4.67 Å². The Labute approximate surface area is 164 Å². The Morgan fingerprint density at radius 2 is 2.07 bits per heavy atom. The molecule has 0 aromatic carbocycles. The van der Waals surface area contributed by atoms with Crippen molar-refractivity contribution in [1.82, 2.24) is 4.67 Å². The zero-order valence-electron chi connectivity index (χ0n) is 15.5. The first-order chi connectivity index (χ1) is 13.0. The Kier molecular flexibility index (Phi) is 11.8. The van der Waals surface area contributed by atoms with Gasteiger partial charge in [-0.2, -0.15) is 0 Å². The summed E-state index contributed by atoms with van der Waals surface area (Å²) in [7, 11) is -3.38. The minimum atomic E-state index is -3.38. The van der Waals surface area contributed by atoms with E-state index in [1.165, 1.54) is 12.1 Å². The summed E-state index contributed by atoms with van der Waals surface area (Å²) >= 11 is 5.72. The molecule has 11 heteroatoms. The van der Waals surface area contributed by atoms with E-state index in [9.17, 15) is 14.7 Å². The maximum Gasteiger partial charge on any atom is 0.433 e. The van der Waals surface area contributed by atoms with E-state index in [0.717, 1.165) is 19.3 Å². The molecule has 156 valence electrons. The minimum absolute atomic E-state index is 0.0355. The monoisotopic (exact) mass is 426 g/mol. The van der Waals surface area contributed by atoms with E-state index in [0.29, 0.717) is 32.0 Å². The predicted molar refractivity (Wildman–Crippen MR) is 102 cm³/mol. The molecule has 0 aliphatic heterocycles. The quantitative estimate of drug-likeness (QED) is 0.139. The van der Waals surface area contributed by atoms with Crippen LogP contribution in [0.3, 0.4) is 0 Å². The van der Waals surface area contributed by atoms with E-state index < -0.39 is 18.3 Å². The van der Waals surface area contributed by atoms with E-state index in [4.69, 9.17) is 30.4 Å². The van der Waals surface area contributed by atoms with Crippen LogP contribution in [-0.4, -0.2) is 53.2 Å². The average Bonchev–Trinajstić information content (AvgIpc) is 3.12. The molecule has 0 radical (unpaired) electrons. The van der Waals surface area contributed by atoms with E-state index in [1.807, 2.05) is 6.92 Å². The van der Waals surface area contributed by atoms with Gasteiger partial charge in [-0.15, -0.1) is 11.6 Å². The smallest absolute Gasteiger partial charge is 0.403 e. The van der Waals surface area contributed by atoms with Crippen LogP contribution in [0, 0.1) is 10.1 Å². The topological polar surface area (TPSA) is 115 Å². The molecule has 0 spiro atoms. The first-order valence-electron chi connectivity index (χ1n) is 8.93. The van der Waals surface area contributed by atoms with Gasteiger partial charge < -0.3 is 18.8 Å². The fourth-order valence-corrected chi connectivity index (χ4v) is 4.46. The number of hydrogen-bond donors (Lipinski definition) is 1. The number of furan rings is 1. The third-order valence-electron chi connectivity index (χ3n) is 3.64. The SMILES string of the molecule is CCCOCP(=O)(OCc1ccc([N+](=O)[O-])o1)N(CCCO)CCCCCl. The fourth-order valence-electron chi connectivity index (χ4n) is 2.29. The molecular formula is C16H28ClN2O7P. The van der Waals surface area contributed by atoms with Gasteiger partial charge in [0.15, 0.2) is 0 Å². The lowest BCUT2D eigenvalue weighted by Gasteiger charge is -2.30. The lowest BCUT2D eigenvalue weighted by molar-refractivity contribution is -0.402. The van der Waals surface area contributed by atoms with Crippen molar-refractivity contribution in [1.29, 1.82) is 0 Å². The van der Waals surface area contributed by atoms with Gasteiger partial charge >= 0.3 is 5.88 Å². The van der Waals surface area contributed by atoms with E-state index in [-0.39, 0.29) is 25.3 Å². The number of hydrogen-bond acceptors (Lipinski definition) is 7. The van der Waals surface area contributed by atoms with E-state index in [2.05, 4.69) is 0 Å². The highest BCUT2D eigenvalue weighted by Gasteiger charge is 2.32. The predicted octanol–water partition coefficient (Wildman–Crippen LogP) is 3.99. The minimum Gasteiger partial charge on any atom is -0.403 e. The number of nitro groups is 1. The molecule has 1 atom stereocenters. The standard InChI is InChI=1S/C16H28ClN2O7P/c1-2-12-24-14-27(23,18(10-5-11-20)9-4-3-8-17)25-13-15-6-7-16(26-15)19(21)22/h6-7,20H,2-5,8-14H2,1H3. The van der Waals surface area contributed by atoms with Crippen molar-refractivity contribution >= 4 is 25.0 Å². The van der Waals surface area contributed by atoms with Crippen LogP contribution in [0.25, 0.3) is 0 Å². The highest BCUT2D eigenvalue weighted by molar-refractivity contribution is 7.56. The van der Waals surface area contributed by atoms with Crippen LogP contribution in [0.2, 0.25) is 0 Å². The number of aliphatic hydroxyl groups is 1. The summed E-state index contributed by atoms with van der Waals surface area (Å²) in [6, 6.07) is 2.64. The van der Waals surface area contributed by atoms with Gasteiger partial charge in [-0.25, -0.2) is 4.67 Å². The highest BCUT2D eigenvalue weighted by Crippen LogP contribution is 2.52. The zero-order chi connectivity index (χ0) is 20.1. The summed E-state index contributed by atoms with van der Waals surface area (Å²) in [5, 5.41) is 19.9. The Morgan fingerprint density at radius 1 is 1.33 bits per heavy atom. The van der Waals surface area contributed by atoms with Crippen LogP contribution >= 0.6 is 19.1 Å². The van der Waals surface area contributed by atoms with Crippen molar-refractivity contribution in [3.8, 4) is 0 Å². The van der Waals surface area contributed by atoms with Crippen molar-refractivity contribution in [3.63, 3.8) is 0 Å². The number of unbranched alkanes of at least 4 members (excludes halogenated alkanes) is 1. The molecule has 0 aliphatic rings. The van der Waals surface area contributed by atoms with Crippen molar-refractivity contribution in [3.05, 3.63) is 28.0 Å². The molecule has 1 rings (SSSR count). The molecule has 1 unspecified atom stereocenters. The maximum atomic E-state index is 13.5. The van der Waals surface area contributed by atoms with Gasteiger partial charge in [0.1, 0.15) is 23.6 Å². The maximum absolute atomic E-state index is 13.5. The van der Waals surface area contributed by atoms with Gasteiger partial charge in [0.25, 0.3) is 7.52 Å². The Hall–Kier alpha value is -0.960. The Bertz CT molecular complexity index is 599. The molecule has 0 saturated carbocycles.